The van der Waals surface area contributed by atoms with E-state index in [0.717, 1.165) is 11.1 Å². The first-order valence-corrected chi connectivity index (χ1v) is 6.53. The van der Waals surface area contributed by atoms with Crippen molar-refractivity contribution in [3.8, 4) is 5.75 Å². The Labute approximate surface area is 127 Å². The molecule has 116 valence electrons. The van der Waals surface area contributed by atoms with Crippen molar-refractivity contribution in [2.75, 3.05) is 7.11 Å². The van der Waals surface area contributed by atoms with E-state index in [1.807, 2.05) is 19.1 Å². The van der Waals surface area contributed by atoms with E-state index in [0.29, 0.717) is 5.75 Å². The third-order valence-corrected chi connectivity index (χ3v) is 3.21. The molecule has 0 unspecified atom stereocenters. The summed E-state index contributed by atoms with van der Waals surface area (Å²) in [7, 11) is 3.09. The zero-order chi connectivity index (χ0) is 16.3. The number of benzene rings is 1. The van der Waals surface area contributed by atoms with Crippen LogP contribution >= 0.6 is 0 Å². The van der Waals surface area contributed by atoms with Gasteiger partial charge in [0.1, 0.15) is 18.1 Å². The van der Waals surface area contributed by atoms with Gasteiger partial charge in [0, 0.05) is 18.7 Å². The number of aromatic nitrogens is 1. The number of carbonyl (C=O) groups excluding carboxylic acids is 1. The van der Waals surface area contributed by atoms with Gasteiger partial charge in [0.15, 0.2) is 0 Å². The third-order valence-electron chi connectivity index (χ3n) is 3.21. The highest BCUT2D eigenvalue weighted by molar-refractivity contribution is 5.88. The molecule has 2 aromatic rings. The van der Waals surface area contributed by atoms with Crippen LogP contribution in [0.4, 0.5) is 5.69 Å². The van der Waals surface area contributed by atoms with Gasteiger partial charge in [0.2, 0.25) is 0 Å². The predicted molar refractivity (Wildman–Crippen MR) is 78.9 cm³/mol. The number of hydrogen-bond acceptors (Lipinski definition) is 5. The highest BCUT2D eigenvalue weighted by Crippen LogP contribution is 2.22. The summed E-state index contributed by atoms with van der Waals surface area (Å²) < 4.78 is 11.8. The van der Waals surface area contributed by atoms with E-state index >= 15 is 0 Å². The van der Waals surface area contributed by atoms with Gasteiger partial charge in [0.05, 0.1) is 18.2 Å². The minimum absolute atomic E-state index is 0.0304. The SMILES string of the molecule is COc1ccc(C)cc1COC(=O)c1cc([N+](=O)[O-])cn1C. The fraction of sp³-hybridized carbons (Fsp3) is 0.267. The topological polar surface area (TPSA) is 83.6 Å². The minimum Gasteiger partial charge on any atom is -0.496 e. The molecule has 0 saturated heterocycles. The van der Waals surface area contributed by atoms with Crippen molar-refractivity contribution >= 4 is 11.7 Å². The van der Waals surface area contributed by atoms with Gasteiger partial charge in [-0.15, -0.1) is 0 Å². The molecule has 0 N–H and O–H groups in total. The average molecular weight is 304 g/mol. The molecule has 1 aromatic heterocycles. The second-order valence-corrected chi connectivity index (χ2v) is 4.84. The van der Waals surface area contributed by atoms with Gasteiger partial charge in [0.25, 0.3) is 5.69 Å². The lowest BCUT2D eigenvalue weighted by atomic mass is 10.1. The number of rotatable bonds is 5. The van der Waals surface area contributed by atoms with Crippen LogP contribution in [-0.2, 0) is 18.4 Å². The van der Waals surface area contributed by atoms with Crippen molar-refractivity contribution < 1.29 is 19.2 Å². The molecule has 0 saturated carbocycles. The molecule has 0 amide bonds. The molecular weight excluding hydrogens is 288 g/mol. The van der Waals surface area contributed by atoms with Crippen molar-refractivity contribution in [3.05, 3.63) is 57.4 Å². The van der Waals surface area contributed by atoms with Gasteiger partial charge in [-0.05, 0) is 19.1 Å². The Balaban J connectivity index is 2.13. The fourth-order valence-corrected chi connectivity index (χ4v) is 2.09. The Hall–Kier alpha value is -2.83. The maximum Gasteiger partial charge on any atom is 0.355 e. The number of esters is 1. The third kappa shape index (κ3) is 3.25. The summed E-state index contributed by atoms with van der Waals surface area (Å²) in [5.41, 5.74) is 1.72. The summed E-state index contributed by atoms with van der Waals surface area (Å²) in [5, 5.41) is 10.7. The average Bonchev–Trinajstić information content (AvgIpc) is 2.87. The molecule has 0 aliphatic rings. The molecule has 22 heavy (non-hydrogen) atoms. The van der Waals surface area contributed by atoms with Crippen molar-refractivity contribution in [3.63, 3.8) is 0 Å². The Kier molecular flexibility index (Phi) is 4.45. The van der Waals surface area contributed by atoms with Crippen molar-refractivity contribution in [2.45, 2.75) is 13.5 Å². The van der Waals surface area contributed by atoms with Crippen LogP contribution in [0, 0.1) is 17.0 Å². The van der Waals surface area contributed by atoms with Gasteiger partial charge < -0.3 is 14.0 Å². The minimum atomic E-state index is -0.626. The molecule has 0 radical (unpaired) electrons. The van der Waals surface area contributed by atoms with E-state index in [9.17, 15) is 14.9 Å². The van der Waals surface area contributed by atoms with Crippen molar-refractivity contribution in [2.24, 2.45) is 7.05 Å². The summed E-state index contributed by atoms with van der Waals surface area (Å²) in [6, 6.07) is 6.74. The Bertz CT molecular complexity index is 721. The maximum atomic E-state index is 12.1. The van der Waals surface area contributed by atoms with Crippen LogP contribution < -0.4 is 4.74 Å². The van der Waals surface area contributed by atoms with Crippen LogP contribution in [0.15, 0.2) is 30.5 Å². The van der Waals surface area contributed by atoms with Crippen LogP contribution in [0.3, 0.4) is 0 Å². The zero-order valence-electron chi connectivity index (χ0n) is 12.5. The highest BCUT2D eigenvalue weighted by atomic mass is 16.6. The number of nitro groups is 1. The normalized spacial score (nSPS) is 10.3. The number of hydrogen-bond donors (Lipinski definition) is 0. The van der Waals surface area contributed by atoms with E-state index in [1.54, 1.807) is 13.1 Å². The molecule has 1 aromatic carbocycles. The van der Waals surface area contributed by atoms with E-state index < -0.39 is 10.9 Å². The molecule has 0 aliphatic carbocycles. The highest BCUT2D eigenvalue weighted by Gasteiger charge is 2.19. The number of carbonyl (C=O) groups is 1. The number of methoxy groups -OCH3 is 1. The molecule has 1 heterocycles. The van der Waals surface area contributed by atoms with Crippen LogP contribution in [0.25, 0.3) is 0 Å². The molecule has 7 nitrogen and oxygen atoms in total. The molecule has 0 spiro atoms. The van der Waals surface area contributed by atoms with Crippen LogP contribution in [0.1, 0.15) is 21.6 Å². The summed E-state index contributed by atoms with van der Waals surface area (Å²) in [4.78, 5) is 22.2. The lowest BCUT2D eigenvalue weighted by molar-refractivity contribution is -0.384. The number of nitrogens with zero attached hydrogens (tertiary/aromatic N) is 2. The van der Waals surface area contributed by atoms with E-state index in [1.165, 1.54) is 23.9 Å². The molecule has 0 aliphatic heterocycles. The first-order valence-electron chi connectivity index (χ1n) is 6.53. The number of ether oxygens (including phenoxy) is 2. The fourth-order valence-electron chi connectivity index (χ4n) is 2.09. The van der Waals surface area contributed by atoms with E-state index in [-0.39, 0.29) is 18.0 Å². The van der Waals surface area contributed by atoms with Crippen LogP contribution in [0.2, 0.25) is 0 Å². The number of aryl methyl sites for hydroxylation is 2. The maximum absolute atomic E-state index is 12.1. The molecule has 0 bridgehead atoms. The van der Waals surface area contributed by atoms with Gasteiger partial charge in [-0.2, -0.15) is 0 Å². The van der Waals surface area contributed by atoms with Gasteiger partial charge >= 0.3 is 5.97 Å². The predicted octanol–water partition coefficient (Wildman–Crippen LogP) is 2.61. The Morgan fingerprint density at radius 2 is 2.09 bits per heavy atom. The Morgan fingerprint density at radius 3 is 2.68 bits per heavy atom. The molecular formula is C15H16N2O5. The lowest BCUT2D eigenvalue weighted by Crippen LogP contribution is -2.10. The van der Waals surface area contributed by atoms with Gasteiger partial charge in [-0.3, -0.25) is 10.1 Å². The van der Waals surface area contributed by atoms with Crippen LogP contribution in [-0.4, -0.2) is 22.6 Å². The van der Waals surface area contributed by atoms with E-state index in [4.69, 9.17) is 9.47 Å². The standard InChI is InChI=1S/C15H16N2O5/c1-10-4-5-14(21-3)11(6-10)9-22-15(18)13-7-12(17(19)20)8-16(13)2/h4-8H,9H2,1-3H3. The van der Waals surface area contributed by atoms with Crippen LogP contribution in [0.5, 0.6) is 5.75 Å². The second-order valence-electron chi connectivity index (χ2n) is 4.84. The first kappa shape index (κ1) is 15.6. The first-order chi connectivity index (χ1) is 10.4. The summed E-state index contributed by atoms with van der Waals surface area (Å²) in [6.45, 7) is 1.95. The van der Waals surface area contributed by atoms with Gasteiger partial charge in [-0.1, -0.05) is 11.6 Å². The molecule has 7 heteroatoms. The monoisotopic (exact) mass is 304 g/mol. The smallest absolute Gasteiger partial charge is 0.355 e. The quantitative estimate of drug-likeness (QED) is 0.481. The summed E-state index contributed by atoms with van der Waals surface area (Å²) in [5.74, 6) is -0.00424. The lowest BCUT2D eigenvalue weighted by Gasteiger charge is -2.10. The van der Waals surface area contributed by atoms with Crippen molar-refractivity contribution in [1.82, 2.24) is 4.57 Å². The molecule has 0 fully saturated rings. The molecule has 0 atom stereocenters. The Morgan fingerprint density at radius 1 is 1.36 bits per heavy atom. The second kappa shape index (κ2) is 6.30. The van der Waals surface area contributed by atoms with Gasteiger partial charge in [-0.25, -0.2) is 4.79 Å². The van der Waals surface area contributed by atoms with E-state index in [2.05, 4.69) is 0 Å². The van der Waals surface area contributed by atoms with Crippen molar-refractivity contribution in [1.29, 1.82) is 0 Å². The largest absolute Gasteiger partial charge is 0.496 e. The zero-order valence-corrected chi connectivity index (χ0v) is 12.5. The molecule has 2 rings (SSSR count). The summed E-state index contributed by atoms with van der Waals surface area (Å²) >= 11 is 0. The summed E-state index contributed by atoms with van der Waals surface area (Å²) in [6.07, 6.45) is 1.27.